The summed E-state index contributed by atoms with van der Waals surface area (Å²) in [7, 11) is 0. The lowest BCUT2D eigenvalue weighted by Gasteiger charge is -2.04. The minimum absolute atomic E-state index is 0.0311. The van der Waals surface area contributed by atoms with Crippen LogP contribution in [0.5, 0.6) is 0 Å². The van der Waals surface area contributed by atoms with E-state index < -0.39 is 0 Å². The Kier molecular flexibility index (Phi) is 6.34. The fourth-order valence-corrected chi connectivity index (χ4v) is 2.86. The van der Waals surface area contributed by atoms with Gasteiger partial charge in [-0.25, -0.2) is 0 Å². The van der Waals surface area contributed by atoms with Crippen LogP contribution < -0.4 is 10.6 Å². The van der Waals surface area contributed by atoms with Crippen molar-refractivity contribution in [1.29, 1.82) is 0 Å². The van der Waals surface area contributed by atoms with E-state index in [0.717, 1.165) is 26.7 Å². The number of carbonyl (C=O) groups excluding carboxylic acids is 1. The summed E-state index contributed by atoms with van der Waals surface area (Å²) >= 11 is 10.8. The number of nitrogens with one attached hydrogen (secondary N) is 2. The summed E-state index contributed by atoms with van der Waals surface area (Å²) < 4.78 is 1.65. The number of hydrogen-bond acceptors (Lipinski definition) is 3. The van der Waals surface area contributed by atoms with Crippen molar-refractivity contribution in [2.75, 3.05) is 13.1 Å². The molecule has 3 nitrogen and oxygen atoms in total. The van der Waals surface area contributed by atoms with Gasteiger partial charge in [-0.15, -0.1) is 11.3 Å². The van der Waals surface area contributed by atoms with Crippen molar-refractivity contribution in [2.24, 2.45) is 0 Å². The van der Waals surface area contributed by atoms with Crippen LogP contribution in [0.25, 0.3) is 0 Å². The summed E-state index contributed by atoms with van der Waals surface area (Å²) in [6.45, 7) is 3.76. The molecule has 0 aromatic carbocycles. The van der Waals surface area contributed by atoms with Crippen molar-refractivity contribution in [2.45, 2.75) is 19.9 Å². The maximum Gasteiger partial charge on any atom is 0.233 e. The highest BCUT2D eigenvalue weighted by atomic mass is 79.9. The molecule has 0 aliphatic carbocycles. The standard InChI is InChI=1S/C10H14BrClN2OS/c1-2-3-14-9(15)6-13-5-7-4-8(11)10(12)16-7/h4,13H,2-3,5-6H2,1H3,(H,14,15). The molecule has 90 valence electrons. The molecule has 0 unspecified atom stereocenters. The number of halogens is 2. The Hall–Kier alpha value is -0.100. The van der Waals surface area contributed by atoms with E-state index in [0.29, 0.717) is 13.1 Å². The molecular weight excluding hydrogens is 312 g/mol. The Balaban J connectivity index is 2.22. The van der Waals surface area contributed by atoms with Crippen LogP contribution in [-0.4, -0.2) is 19.0 Å². The quantitative estimate of drug-likeness (QED) is 0.844. The first-order chi connectivity index (χ1) is 7.63. The van der Waals surface area contributed by atoms with Gasteiger partial charge in [0.1, 0.15) is 4.34 Å². The highest BCUT2D eigenvalue weighted by Gasteiger charge is 2.05. The van der Waals surface area contributed by atoms with Crippen LogP contribution in [0.1, 0.15) is 18.2 Å². The molecule has 0 bridgehead atoms. The van der Waals surface area contributed by atoms with Crippen LogP contribution in [0.4, 0.5) is 0 Å². The third kappa shape index (κ3) is 4.82. The van der Waals surface area contributed by atoms with Gasteiger partial charge in [0, 0.05) is 22.4 Å². The van der Waals surface area contributed by atoms with Gasteiger partial charge in [-0.3, -0.25) is 4.79 Å². The molecule has 0 spiro atoms. The Labute approximate surface area is 113 Å². The summed E-state index contributed by atoms with van der Waals surface area (Å²) in [5.41, 5.74) is 0. The maximum absolute atomic E-state index is 11.3. The predicted molar refractivity (Wildman–Crippen MR) is 72.0 cm³/mol. The van der Waals surface area contributed by atoms with E-state index in [2.05, 4.69) is 26.6 Å². The van der Waals surface area contributed by atoms with Gasteiger partial charge in [-0.2, -0.15) is 0 Å². The SMILES string of the molecule is CCCNC(=O)CNCc1cc(Br)c(Cl)s1. The summed E-state index contributed by atoms with van der Waals surface area (Å²) in [5, 5.41) is 5.87. The van der Waals surface area contributed by atoms with E-state index in [9.17, 15) is 4.79 Å². The van der Waals surface area contributed by atoms with Crippen LogP contribution in [0.15, 0.2) is 10.5 Å². The molecule has 0 radical (unpaired) electrons. The molecule has 0 fully saturated rings. The van der Waals surface area contributed by atoms with Crippen molar-refractivity contribution in [3.8, 4) is 0 Å². The first kappa shape index (κ1) is 14.0. The van der Waals surface area contributed by atoms with Gasteiger partial charge in [0.15, 0.2) is 0 Å². The van der Waals surface area contributed by atoms with E-state index >= 15 is 0 Å². The number of carbonyl (C=O) groups is 1. The third-order valence-corrected chi connectivity index (χ3v) is 4.33. The van der Waals surface area contributed by atoms with Crippen molar-refractivity contribution in [1.82, 2.24) is 10.6 Å². The molecule has 6 heteroatoms. The normalized spacial score (nSPS) is 10.4. The van der Waals surface area contributed by atoms with Crippen molar-refractivity contribution >= 4 is 44.8 Å². The molecule has 0 saturated heterocycles. The zero-order valence-electron chi connectivity index (χ0n) is 8.98. The second-order valence-corrected chi connectivity index (χ2v) is 5.88. The maximum atomic E-state index is 11.3. The van der Waals surface area contributed by atoms with Crippen LogP contribution in [0.3, 0.4) is 0 Å². The Morgan fingerprint density at radius 1 is 1.62 bits per heavy atom. The van der Waals surface area contributed by atoms with Gasteiger partial charge in [-0.05, 0) is 28.4 Å². The van der Waals surface area contributed by atoms with E-state index in [1.165, 1.54) is 11.3 Å². The van der Waals surface area contributed by atoms with Crippen molar-refractivity contribution in [3.05, 3.63) is 19.8 Å². The van der Waals surface area contributed by atoms with Crippen LogP contribution in [0.2, 0.25) is 4.34 Å². The number of rotatable bonds is 6. The molecule has 0 saturated carbocycles. The molecule has 0 atom stereocenters. The molecule has 1 aromatic heterocycles. The lowest BCUT2D eigenvalue weighted by molar-refractivity contribution is -0.120. The highest BCUT2D eigenvalue weighted by molar-refractivity contribution is 9.10. The van der Waals surface area contributed by atoms with E-state index in [4.69, 9.17) is 11.6 Å². The second-order valence-electron chi connectivity index (χ2n) is 3.29. The molecule has 2 N–H and O–H groups in total. The average Bonchev–Trinajstić information content (AvgIpc) is 2.55. The fourth-order valence-electron chi connectivity index (χ4n) is 1.10. The third-order valence-electron chi connectivity index (χ3n) is 1.85. The van der Waals surface area contributed by atoms with Gasteiger partial charge in [-0.1, -0.05) is 18.5 Å². The first-order valence-electron chi connectivity index (χ1n) is 5.04. The summed E-state index contributed by atoms with van der Waals surface area (Å²) in [4.78, 5) is 12.4. The van der Waals surface area contributed by atoms with Crippen LogP contribution in [0, 0.1) is 0 Å². The van der Waals surface area contributed by atoms with Gasteiger partial charge in [0.2, 0.25) is 5.91 Å². The lowest BCUT2D eigenvalue weighted by atomic mass is 10.4. The molecule has 1 heterocycles. The van der Waals surface area contributed by atoms with Crippen molar-refractivity contribution < 1.29 is 4.79 Å². The zero-order valence-corrected chi connectivity index (χ0v) is 12.1. The van der Waals surface area contributed by atoms with Crippen molar-refractivity contribution in [3.63, 3.8) is 0 Å². The minimum atomic E-state index is 0.0311. The highest BCUT2D eigenvalue weighted by Crippen LogP contribution is 2.31. The molecule has 0 aliphatic heterocycles. The van der Waals surface area contributed by atoms with Crippen LogP contribution >= 0.6 is 38.9 Å². The van der Waals surface area contributed by atoms with Gasteiger partial charge in [0.05, 0.1) is 6.54 Å². The van der Waals surface area contributed by atoms with E-state index in [1.807, 2.05) is 13.0 Å². The lowest BCUT2D eigenvalue weighted by Crippen LogP contribution is -2.33. The monoisotopic (exact) mass is 324 g/mol. The molecular formula is C10H14BrClN2OS. The molecule has 1 amide bonds. The predicted octanol–water partition coefficient (Wildman–Crippen LogP) is 2.78. The first-order valence-corrected chi connectivity index (χ1v) is 7.03. The largest absolute Gasteiger partial charge is 0.355 e. The van der Waals surface area contributed by atoms with Gasteiger partial charge < -0.3 is 10.6 Å². The zero-order chi connectivity index (χ0) is 12.0. The smallest absolute Gasteiger partial charge is 0.233 e. The number of thiophene rings is 1. The van der Waals surface area contributed by atoms with Gasteiger partial charge >= 0.3 is 0 Å². The number of amides is 1. The Morgan fingerprint density at radius 3 is 2.94 bits per heavy atom. The molecule has 0 aliphatic rings. The fraction of sp³-hybridized carbons (Fsp3) is 0.500. The summed E-state index contributed by atoms with van der Waals surface area (Å²) in [5.74, 6) is 0.0311. The Bertz CT molecular complexity index is 337. The van der Waals surface area contributed by atoms with Crippen LogP contribution in [-0.2, 0) is 11.3 Å². The second kappa shape index (κ2) is 7.27. The summed E-state index contributed by atoms with van der Waals surface area (Å²) in [6, 6.07) is 1.96. The minimum Gasteiger partial charge on any atom is -0.355 e. The number of hydrogen-bond donors (Lipinski definition) is 2. The molecule has 1 rings (SSSR count). The average molecular weight is 326 g/mol. The van der Waals surface area contributed by atoms with E-state index in [1.54, 1.807) is 0 Å². The summed E-state index contributed by atoms with van der Waals surface area (Å²) in [6.07, 6.45) is 0.958. The molecule has 16 heavy (non-hydrogen) atoms. The van der Waals surface area contributed by atoms with Gasteiger partial charge in [0.25, 0.3) is 0 Å². The topological polar surface area (TPSA) is 41.1 Å². The molecule has 1 aromatic rings. The van der Waals surface area contributed by atoms with E-state index in [-0.39, 0.29) is 5.91 Å². The Morgan fingerprint density at radius 2 is 2.38 bits per heavy atom.